The first-order chi connectivity index (χ1) is 8.83. The van der Waals surface area contributed by atoms with Gasteiger partial charge in [-0.05, 0) is 0 Å². The number of aliphatic hydroxyl groups excluding tert-OH is 2. The van der Waals surface area contributed by atoms with Gasteiger partial charge in [0.25, 0.3) is 0 Å². The standard InChI is InChI=1S/C12H27N2O4/c15-7-11-17-9-5-14(3-1-13-2-4-14)6-10-18-12-8-16/h13,15-16H,1-12H2/q+1. The Labute approximate surface area is 109 Å². The number of quaternary nitrogens is 1. The highest BCUT2D eigenvalue weighted by Gasteiger charge is 2.29. The van der Waals surface area contributed by atoms with E-state index in [9.17, 15) is 0 Å². The molecule has 0 unspecified atom stereocenters. The molecule has 0 aliphatic carbocycles. The fourth-order valence-corrected chi connectivity index (χ4v) is 2.28. The number of hydrogen-bond donors (Lipinski definition) is 3. The van der Waals surface area contributed by atoms with Crippen LogP contribution in [0.15, 0.2) is 0 Å². The molecule has 0 bridgehead atoms. The number of aliphatic hydroxyl groups is 2. The fourth-order valence-electron chi connectivity index (χ4n) is 2.28. The Morgan fingerprint density at radius 3 is 1.78 bits per heavy atom. The van der Waals surface area contributed by atoms with Crippen molar-refractivity contribution in [3.05, 3.63) is 0 Å². The van der Waals surface area contributed by atoms with Gasteiger partial charge in [-0.3, -0.25) is 0 Å². The second kappa shape index (κ2) is 9.66. The first-order valence-electron chi connectivity index (χ1n) is 6.76. The fraction of sp³-hybridized carbons (Fsp3) is 1.00. The summed E-state index contributed by atoms with van der Waals surface area (Å²) in [6.45, 7) is 8.52. The van der Waals surface area contributed by atoms with Crippen LogP contribution < -0.4 is 5.32 Å². The van der Waals surface area contributed by atoms with Gasteiger partial charge in [-0.25, -0.2) is 0 Å². The van der Waals surface area contributed by atoms with Gasteiger partial charge in [-0.2, -0.15) is 0 Å². The zero-order chi connectivity index (χ0) is 13.1. The molecule has 108 valence electrons. The van der Waals surface area contributed by atoms with Gasteiger partial charge in [0.05, 0.1) is 52.7 Å². The van der Waals surface area contributed by atoms with Crippen LogP contribution in [-0.4, -0.2) is 93.6 Å². The van der Waals surface area contributed by atoms with Gasteiger partial charge >= 0.3 is 0 Å². The van der Waals surface area contributed by atoms with Crippen molar-refractivity contribution >= 4 is 0 Å². The Morgan fingerprint density at radius 1 is 0.833 bits per heavy atom. The van der Waals surface area contributed by atoms with E-state index in [1.54, 1.807) is 0 Å². The summed E-state index contributed by atoms with van der Waals surface area (Å²) in [5.41, 5.74) is 0. The van der Waals surface area contributed by atoms with Crippen LogP contribution in [0.5, 0.6) is 0 Å². The molecule has 3 N–H and O–H groups in total. The third kappa shape index (κ3) is 6.08. The summed E-state index contributed by atoms with van der Waals surface area (Å²) in [5, 5.41) is 20.7. The maximum atomic E-state index is 8.68. The predicted octanol–water partition coefficient (Wildman–Crippen LogP) is -1.58. The van der Waals surface area contributed by atoms with E-state index in [4.69, 9.17) is 19.7 Å². The molecule has 1 aliphatic heterocycles. The minimum Gasteiger partial charge on any atom is -0.394 e. The lowest BCUT2D eigenvalue weighted by Gasteiger charge is -2.41. The normalized spacial score (nSPS) is 19.0. The Hall–Kier alpha value is -0.240. The lowest BCUT2D eigenvalue weighted by atomic mass is 10.2. The zero-order valence-electron chi connectivity index (χ0n) is 11.1. The van der Waals surface area contributed by atoms with Crippen molar-refractivity contribution in [1.29, 1.82) is 0 Å². The molecule has 6 heteroatoms. The SMILES string of the molecule is OCCOCC[N+]1(CCOCCO)CCNCC1. The van der Waals surface area contributed by atoms with Crippen LogP contribution in [0.3, 0.4) is 0 Å². The first-order valence-corrected chi connectivity index (χ1v) is 6.76. The molecule has 0 radical (unpaired) electrons. The molecule has 1 rings (SSSR count). The molecule has 0 aromatic rings. The van der Waals surface area contributed by atoms with Gasteiger partial charge in [0.1, 0.15) is 13.1 Å². The van der Waals surface area contributed by atoms with Crippen LogP contribution in [-0.2, 0) is 9.47 Å². The monoisotopic (exact) mass is 263 g/mol. The molecule has 18 heavy (non-hydrogen) atoms. The minimum absolute atomic E-state index is 0.0845. The van der Waals surface area contributed by atoms with Crippen molar-refractivity contribution in [3.63, 3.8) is 0 Å². The van der Waals surface area contributed by atoms with E-state index in [0.717, 1.165) is 43.8 Å². The van der Waals surface area contributed by atoms with E-state index in [0.29, 0.717) is 26.4 Å². The Bertz CT molecular complexity index is 185. The first kappa shape index (κ1) is 15.8. The van der Waals surface area contributed by atoms with E-state index in [2.05, 4.69) is 5.32 Å². The molecular weight excluding hydrogens is 236 g/mol. The molecule has 1 saturated heterocycles. The average Bonchev–Trinajstić information content (AvgIpc) is 2.41. The second-order valence-corrected chi connectivity index (χ2v) is 4.66. The van der Waals surface area contributed by atoms with Crippen molar-refractivity contribution in [3.8, 4) is 0 Å². The molecule has 1 aliphatic rings. The van der Waals surface area contributed by atoms with Crippen LogP contribution in [0.1, 0.15) is 0 Å². The maximum Gasteiger partial charge on any atom is 0.103 e. The summed E-state index contributed by atoms with van der Waals surface area (Å²) < 4.78 is 11.7. The summed E-state index contributed by atoms with van der Waals surface area (Å²) in [7, 11) is 0. The van der Waals surface area contributed by atoms with Crippen molar-refractivity contribution in [1.82, 2.24) is 5.32 Å². The topological polar surface area (TPSA) is 71.0 Å². The van der Waals surface area contributed by atoms with E-state index >= 15 is 0 Å². The van der Waals surface area contributed by atoms with Gasteiger partial charge in [0.2, 0.25) is 0 Å². The lowest BCUT2D eigenvalue weighted by molar-refractivity contribution is -0.930. The van der Waals surface area contributed by atoms with Gasteiger partial charge in [-0.15, -0.1) is 0 Å². The third-order valence-electron chi connectivity index (χ3n) is 3.42. The van der Waals surface area contributed by atoms with Gasteiger partial charge in [0.15, 0.2) is 0 Å². The van der Waals surface area contributed by atoms with Crippen LogP contribution in [0, 0.1) is 0 Å². The van der Waals surface area contributed by atoms with Crippen molar-refractivity contribution in [2.24, 2.45) is 0 Å². The lowest BCUT2D eigenvalue weighted by Crippen LogP contribution is -2.61. The molecule has 6 nitrogen and oxygen atoms in total. The number of ether oxygens (including phenoxy) is 2. The zero-order valence-corrected chi connectivity index (χ0v) is 11.1. The second-order valence-electron chi connectivity index (χ2n) is 4.66. The van der Waals surface area contributed by atoms with E-state index in [-0.39, 0.29) is 13.2 Å². The minimum atomic E-state index is 0.0845. The van der Waals surface area contributed by atoms with Crippen LogP contribution in [0.4, 0.5) is 0 Å². The Morgan fingerprint density at radius 2 is 1.33 bits per heavy atom. The van der Waals surface area contributed by atoms with E-state index in [1.165, 1.54) is 0 Å². The third-order valence-corrected chi connectivity index (χ3v) is 3.42. The molecule has 0 spiro atoms. The molecular formula is C12H27N2O4+. The number of nitrogens with zero attached hydrogens (tertiary/aromatic N) is 1. The number of rotatable bonds is 10. The highest BCUT2D eigenvalue weighted by molar-refractivity contribution is 4.58. The highest BCUT2D eigenvalue weighted by atomic mass is 16.5. The summed E-state index contributed by atoms with van der Waals surface area (Å²) in [6, 6.07) is 0. The molecule has 0 aromatic heterocycles. The summed E-state index contributed by atoms with van der Waals surface area (Å²) in [4.78, 5) is 0. The quantitative estimate of drug-likeness (QED) is 0.328. The van der Waals surface area contributed by atoms with Crippen molar-refractivity contribution < 1.29 is 24.2 Å². The molecule has 0 aromatic carbocycles. The van der Waals surface area contributed by atoms with Gasteiger partial charge < -0.3 is 29.5 Å². The number of piperazine rings is 1. The molecule has 0 saturated carbocycles. The smallest absolute Gasteiger partial charge is 0.103 e. The average molecular weight is 263 g/mol. The van der Waals surface area contributed by atoms with Crippen molar-refractivity contribution in [2.75, 3.05) is 78.9 Å². The number of hydrogen-bond acceptors (Lipinski definition) is 5. The maximum absolute atomic E-state index is 8.68. The van der Waals surface area contributed by atoms with Crippen molar-refractivity contribution in [2.45, 2.75) is 0 Å². The highest BCUT2D eigenvalue weighted by Crippen LogP contribution is 2.08. The summed E-state index contributed by atoms with van der Waals surface area (Å²) in [6.07, 6.45) is 0. The van der Waals surface area contributed by atoms with Gasteiger partial charge in [-0.1, -0.05) is 0 Å². The van der Waals surface area contributed by atoms with E-state index in [1.807, 2.05) is 0 Å². The molecule has 0 amide bonds. The predicted molar refractivity (Wildman–Crippen MR) is 68.4 cm³/mol. The summed E-state index contributed by atoms with van der Waals surface area (Å²) >= 11 is 0. The van der Waals surface area contributed by atoms with E-state index < -0.39 is 0 Å². The molecule has 1 heterocycles. The Balaban J connectivity index is 2.27. The largest absolute Gasteiger partial charge is 0.394 e. The summed E-state index contributed by atoms with van der Waals surface area (Å²) in [5.74, 6) is 0. The number of nitrogens with one attached hydrogen (secondary N) is 1. The van der Waals surface area contributed by atoms with Gasteiger partial charge in [0, 0.05) is 13.1 Å². The molecule has 1 fully saturated rings. The Kier molecular flexibility index (Phi) is 8.49. The van der Waals surface area contributed by atoms with Crippen LogP contribution in [0.2, 0.25) is 0 Å². The van der Waals surface area contributed by atoms with Crippen LogP contribution >= 0.6 is 0 Å². The molecule has 0 atom stereocenters. The van der Waals surface area contributed by atoms with Crippen LogP contribution in [0.25, 0.3) is 0 Å².